The third-order valence-electron chi connectivity index (χ3n) is 22.7. The molecule has 0 saturated heterocycles. The summed E-state index contributed by atoms with van der Waals surface area (Å²) in [7, 11) is 0. The highest BCUT2D eigenvalue weighted by Crippen LogP contribution is 2.38. The number of benzene rings is 8. The monoisotopic (exact) mass is 1760 g/mol. The highest BCUT2D eigenvalue weighted by atomic mass is 19.1. The molecule has 8 aromatic carbocycles. The fraction of sp³-hybridized carbons (Fsp3) is 0.223. The van der Waals surface area contributed by atoms with Crippen LogP contribution in [-0.4, -0.2) is 119 Å². The van der Waals surface area contributed by atoms with Crippen molar-refractivity contribution in [2.45, 2.75) is 152 Å². The number of aromatic nitrogens is 24. The van der Waals surface area contributed by atoms with Crippen LogP contribution in [0.15, 0.2) is 244 Å². The van der Waals surface area contributed by atoms with Gasteiger partial charge < -0.3 is 19.9 Å². The number of hydrogen-bond donors (Lipinski definition) is 4. The average molecular weight is 1770 g/mol. The van der Waals surface area contributed by atoms with Gasteiger partial charge in [0, 0.05) is 146 Å². The molecular weight excluding hydrogens is 1670 g/mol. The summed E-state index contributed by atoms with van der Waals surface area (Å²) >= 11 is 0. The smallest absolute Gasteiger partial charge is 0.126 e. The van der Waals surface area contributed by atoms with Crippen LogP contribution in [0.4, 0.5) is 22.0 Å². The Morgan fingerprint density at radius 3 is 0.924 bits per heavy atom. The van der Waals surface area contributed by atoms with E-state index < -0.39 is 11.6 Å². The lowest BCUT2D eigenvalue weighted by Crippen LogP contribution is -2.01. The highest BCUT2D eigenvalue weighted by Gasteiger charge is 2.25. The van der Waals surface area contributed by atoms with Crippen LogP contribution in [0.3, 0.4) is 0 Å². The van der Waals surface area contributed by atoms with Gasteiger partial charge in [0.05, 0.1) is 89.7 Å². The van der Waals surface area contributed by atoms with E-state index in [4.69, 9.17) is 40.3 Å². The van der Waals surface area contributed by atoms with Gasteiger partial charge in [0.1, 0.15) is 75.2 Å². The molecule has 20 aromatic rings. The Labute approximate surface area is 758 Å². The molecule has 0 aliphatic heterocycles. The Hall–Kier alpha value is -15.6. The van der Waals surface area contributed by atoms with Gasteiger partial charge in [-0.25, -0.2) is 41.9 Å². The van der Waals surface area contributed by atoms with Crippen LogP contribution in [0, 0.1) is 49.9 Å². The average Bonchev–Trinajstić information content (AvgIpc) is 1.64. The molecule has 0 spiro atoms. The Kier molecular flexibility index (Phi) is 26.3. The number of nitrogens with zero attached hydrogens (tertiary/aromatic N) is 20. The van der Waals surface area contributed by atoms with E-state index in [2.05, 4.69) is 115 Å². The maximum Gasteiger partial charge on any atom is 0.126 e. The zero-order valence-corrected chi connectivity index (χ0v) is 74.9. The van der Waals surface area contributed by atoms with Gasteiger partial charge in [-0.2, -0.15) is 20.4 Å². The number of aromatic amines is 4. The van der Waals surface area contributed by atoms with E-state index in [1.54, 1.807) is 81.6 Å². The van der Waals surface area contributed by atoms with Gasteiger partial charge in [-0.05, 0) is 256 Å². The summed E-state index contributed by atoms with van der Waals surface area (Å²) in [5.41, 5.74) is 25.6. The maximum atomic E-state index is 14.1. The second-order valence-electron chi connectivity index (χ2n) is 33.8. The molecule has 4 N–H and O–H groups in total. The van der Waals surface area contributed by atoms with Gasteiger partial charge in [-0.1, -0.05) is 54.6 Å². The first-order valence-corrected chi connectivity index (χ1v) is 44.0. The Bertz CT molecular complexity index is 7250. The summed E-state index contributed by atoms with van der Waals surface area (Å²) in [5, 5.41) is 19.0. The van der Waals surface area contributed by atoms with Gasteiger partial charge in [-0.15, -0.1) is 0 Å². The van der Waals surface area contributed by atoms with E-state index in [-0.39, 0.29) is 41.6 Å². The summed E-state index contributed by atoms with van der Waals surface area (Å²) in [6, 6.07) is 52.0. The van der Waals surface area contributed by atoms with E-state index in [9.17, 15) is 22.0 Å². The van der Waals surface area contributed by atoms with E-state index in [1.807, 2.05) is 178 Å². The van der Waals surface area contributed by atoms with E-state index >= 15 is 0 Å². The minimum atomic E-state index is -0.455. The van der Waals surface area contributed by atoms with Crippen molar-refractivity contribution in [3.63, 3.8) is 0 Å². The van der Waals surface area contributed by atoms with Gasteiger partial charge >= 0.3 is 0 Å². The third-order valence-corrected chi connectivity index (χ3v) is 22.7. The molecule has 0 amide bonds. The Balaban J connectivity index is 0.000000123. The van der Waals surface area contributed by atoms with Crippen molar-refractivity contribution in [2.75, 3.05) is 0 Å². The molecule has 0 saturated carbocycles. The normalized spacial score (nSPS) is 11.5. The molecule has 0 aliphatic rings. The predicted molar refractivity (Wildman–Crippen MR) is 504 cm³/mol. The number of fused-ring (bicyclic) bond motifs is 4. The van der Waals surface area contributed by atoms with Crippen LogP contribution >= 0.6 is 0 Å². The molecule has 0 fully saturated rings. The highest BCUT2D eigenvalue weighted by molar-refractivity contribution is 5.89. The number of hydrogen-bond acceptors (Lipinski definition) is 16. The van der Waals surface area contributed by atoms with Gasteiger partial charge in [-0.3, -0.25) is 58.6 Å². The summed E-state index contributed by atoms with van der Waals surface area (Å²) < 4.78 is 76.7. The first-order chi connectivity index (χ1) is 63.9. The molecule has 12 aromatic heterocycles. The Morgan fingerprint density at radius 2 is 0.591 bits per heavy atom. The summed E-state index contributed by atoms with van der Waals surface area (Å²) in [4.78, 5) is 68.6. The molecule has 20 rings (SSSR count). The summed E-state index contributed by atoms with van der Waals surface area (Å²) in [5.74, 6) is 1.76. The second kappa shape index (κ2) is 39.2. The van der Waals surface area contributed by atoms with Crippen LogP contribution in [0.5, 0.6) is 0 Å². The maximum absolute atomic E-state index is 14.1. The SMILES string of the molecule is CC(C)n1ccc(-c2[nH]c(CCc3cc(F)ccc3F)nc2-c2ccc3nccnc3c2)n1.Cc1cc(CCc2nc(-c3ccc4nccnc4c3)c(-c3ccn(C(C)C)n3)[nH]2)ccc1F.Cc1cc(F)cc(CCc2nc(-c3ccc4nccnc4c3)c(-c3ccn(C(C)C)n3)[nH]2)c1.Cc1ccc(CCc2nc(-c3ccc4nccnc4c3)c(-c3ccn(C(C)C)n3)[nH]2)cc1F. The van der Waals surface area contributed by atoms with Crippen LogP contribution in [0.2, 0.25) is 0 Å². The van der Waals surface area contributed by atoms with Crippen molar-refractivity contribution in [1.82, 2.24) is 119 Å². The minimum Gasteiger partial charge on any atom is -0.340 e. The van der Waals surface area contributed by atoms with Gasteiger partial charge in [0.15, 0.2) is 0 Å². The van der Waals surface area contributed by atoms with Crippen molar-refractivity contribution in [3.8, 4) is 90.6 Å². The molecule has 0 bridgehead atoms. The van der Waals surface area contributed by atoms with Crippen molar-refractivity contribution < 1.29 is 22.0 Å². The fourth-order valence-corrected chi connectivity index (χ4v) is 15.6. The number of imidazole rings is 4. The van der Waals surface area contributed by atoms with Crippen molar-refractivity contribution in [1.29, 1.82) is 0 Å². The zero-order valence-electron chi connectivity index (χ0n) is 74.9. The first kappa shape index (κ1) is 88.5. The minimum absolute atomic E-state index is 0.176. The van der Waals surface area contributed by atoms with Crippen molar-refractivity contribution in [2.24, 2.45) is 0 Å². The summed E-state index contributed by atoms with van der Waals surface area (Å²) in [6.45, 7) is 22.2. The number of rotatable bonds is 24. The molecule has 132 heavy (non-hydrogen) atoms. The zero-order chi connectivity index (χ0) is 91.8. The molecule has 12 heterocycles. The molecule has 0 radical (unpaired) electrons. The van der Waals surface area contributed by atoms with E-state index in [1.165, 1.54) is 12.1 Å². The third kappa shape index (κ3) is 20.6. The quantitative estimate of drug-likeness (QED) is 0.0409. The fourth-order valence-electron chi connectivity index (χ4n) is 15.6. The van der Waals surface area contributed by atoms with Gasteiger partial charge in [0.2, 0.25) is 0 Å². The van der Waals surface area contributed by atoms with E-state index in [0.29, 0.717) is 67.5 Å². The lowest BCUT2D eigenvalue weighted by Gasteiger charge is -2.04. The molecule has 0 aliphatic carbocycles. The van der Waals surface area contributed by atoms with Crippen LogP contribution in [-0.2, 0) is 51.4 Å². The summed E-state index contributed by atoms with van der Waals surface area (Å²) in [6.07, 6.45) is 26.2. The van der Waals surface area contributed by atoms with Crippen LogP contribution in [0.25, 0.3) is 135 Å². The molecular formula is C103H97F5N24. The molecule has 664 valence electrons. The standard InChI is InChI=1S/3C26H25FN6.C25H22F2N6/c1-16(2)33-13-10-22(32-33)26-25(19-6-8-21-23(15-19)29-12-11-28-21)30-24(31-26)9-5-18-4-7-20(27)17(3)14-18;1-16(2)33-11-8-22(32-33)26-25(19-5-6-21-23(15-19)29-10-9-28-21)30-24(31-26)7-4-18-12-17(3)13-20(27)14-18;1-16(2)33-13-10-22(32-33)26-25(19-7-8-21-23(15-19)29-12-11-28-21)30-24(31-26)9-6-18-5-4-17(3)20(27)14-18;1-15(2)33-12-9-21(32-33)25-24(17-3-7-20-22(14-17)29-11-10-28-20)30-23(31-25)8-4-16-13-18(26)5-6-19(16)27/h4,6-8,10-16H,5,9H2,1-3H3,(H,30,31);5-6,8-16H,4,7H2,1-3H3,(H,30,31);4-5,7-8,10-16H,6,9H2,1-3H3,(H,30,31);3,5-7,9-15H,4,8H2,1-2H3,(H,30,31). The second-order valence-corrected chi connectivity index (χ2v) is 33.8. The molecule has 29 heteroatoms. The van der Waals surface area contributed by atoms with Crippen LogP contribution < -0.4 is 0 Å². The van der Waals surface area contributed by atoms with E-state index in [0.717, 1.165) is 193 Å². The molecule has 24 nitrogen and oxygen atoms in total. The predicted octanol–water partition coefficient (Wildman–Crippen LogP) is 22.6. The first-order valence-electron chi connectivity index (χ1n) is 44.0. The Morgan fingerprint density at radius 1 is 0.265 bits per heavy atom. The van der Waals surface area contributed by atoms with Gasteiger partial charge in [0.25, 0.3) is 0 Å². The molecule has 0 unspecified atom stereocenters. The number of H-pyrrole nitrogens is 4. The topological polar surface area (TPSA) is 289 Å². The largest absolute Gasteiger partial charge is 0.340 e. The number of halogens is 5. The lowest BCUT2D eigenvalue weighted by atomic mass is 10.1. The molecule has 0 atom stereocenters. The van der Waals surface area contributed by atoms with Crippen LogP contribution in [0.1, 0.15) is 142 Å². The number of nitrogens with one attached hydrogen (secondary N) is 4. The van der Waals surface area contributed by atoms with Crippen molar-refractivity contribution in [3.05, 3.63) is 336 Å². The van der Waals surface area contributed by atoms with Crippen molar-refractivity contribution >= 4 is 44.1 Å². The number of aryl methyl sites for hydroxylation is 11. The lowest BCUT2D eigenvalue weighted by molar-refractivity contribution is 0.534.